The van der Waals surface area contributed by atoms with Crippen LogP contribution >= 0.6 is 0 Å². The summed E-state index contributed by atoms with van der Waals surface area (Å²) in [6.07, 6.45) is 1.25. The predicted octanol–water partition coefficient (Wildman–Crippen LogP) is 2.89. The van der Waals surface area contributed by atoms with Crippen molar-refractivity contribution in [3.63, 3.8) is 0 Å². The number of carbonyl (C=O) groups is 1. The van der Waals surface area contributed by atoms with E-state index in [9.17, 15) is 14.3 Å². The molecule has 0 unspecified atom stereocenters. The van der Waals surface area contributed by atoms with Crippen LogP contribution in [0.4, 0.5) is 4.39 Å². The van der Waals surface area contributed by atoms with Crippen molar-refractivity contribution in [1.29, 1.82) is 0 Å². The van der Waals surface area contributed by atoms with E-state index in [-0.39, 0.29) is 24.9 Å². The number of ether oxygens (including phenoxy) is 1. The van der Waals surface area contributed by atoms with Gasteiger partial charge in [-0.15, -0.1) is 0 Å². The van der Waals surface area contributed by atoms with Crippen molar-refractivity contribution in [2.45, 2.75) is 24.8 Å². The Morgan fingerprint density at radius 2 is 1.88 bits per heavy atom. The largest absolute Gasteiger partial charge is 0.496 e. The van der Waals surface area contributed by atoms with Crippen molar-refractivity contribution in [2.75, 3.05) is 20.3 Å². The number of rotatable bonds is 7. The van der Waals surface area contributed by atoms with Gasteiger partial charge in [-0.3, -0.25) is 4.79 Å². The fraction of sp³-hybridized carbons (Fsp3) is 0.350. The van der Waals surface area contributed by atoms with Crippen molar-refractivity contribution in [1.82, 2.24) is 4.90 Å². The van der Waals surface area contributed by atoms with Gasteiger partial charge < -0.3 is 14.7 Å². The van der Waals surface area contributed by atoms with Crippen LogP contribution in [-0.4, -0.2) is 36.2 Å². The van der Waals surface area contributed by atoms with Crippen molar-refractivity contribution in [2.24, 2.45) is 0 Å². The molecule has 0 saturated heterocycles. The van der Waals surface area contributed by atoms with E-state index in [1.54, 1.807) is 30.2 Å². The van der Waals surface area contributed by atoms with Gasteiger partial charge in [-0.25, -0.2) is 4.39 Å². The van der Waals surface area contributed by atoms with Gasteiger partial charge in [-0.05, 0) is 25.0 Å². The minimum absolute atomic E-state index is 0.141. The summed E-state index contributed by atoms with van der Waals surface area (Å²) in [5.41, 5.74) is 0.502. The highest BCUT2D eigenvalue weighted by Crippen LogP contribution is 2.50. The summed E-state index contributed by atoms with van der Waals surface area (Å²) in [6.45, 7) is 0.376. The van der Waals surface area contributed by atoms with Crippen LogP contribution in [0.2, 0.25) is 0 Å². The van der Waals surface area contributed by atoms with Crippen LogP contribution < -0.4 is 4.74 Å². The zero-order valence-electron chi connectivity index (χ0n) is 14.2. The van der Waals surface area contributed by atoms with Crippen LogP contribution in [0.15, 0.2) is 48.5 Å². The van der Waals surface area contributed by atoms with Crippen molar-refractivity contribution < 1.29 is 19.0 Å². The summed E-state index contributed by atoms with van der Waals surface area (Å²) < 4.78 is 19.6. The zero-order chi connectivity index (χ0) is 17.9. The van der Waals surface area contributed by atoms with Crippen LogP contribution in [0.3, 0.4) is 0 Å². The lowest BCUT2D eigenvalue weighted by atomic mass is 9.93. The molecule has 0 spiro atoms. The first-order valence-corrected chi connectivity index (χ1v) is 8.39. The van der Waals surface area contributed by atoms with Crippen LogP contribution in [0.1, 0.15) is 24.0 Å². The number of benzene rings is 2. The molecule has 1 aliphatic rings. The molecule has 1 amide bonds. The molecular weight excluding hydrogens is 321 g/mol. The Morgan fingerprint density at radius 3 is 2.52 bits per heavy atom. The second kappa shape index (κ2) is 7.23. The molecule has 132 valence electrons. The third-order valence-electron chi connectivity index (χ3n) is 4.76. The molecule has 2 aromatic carbocycles. The number of hydrogen-bond acceptors (Lipinski definition) is 3. The normalized spacial score (nSPS) is 14.8. The van der Waals surface area contributed by atoms with Crippen LogP contribution in [0, 0.1) is 5.82 Å². The summed E-state index contributed by atoms with van der Waals surface area (Å²) in [7, 11) is 1.58. The molecule has 0 aromatic heterocycles. The quantitative estimate of drug-likeness (QED) is 0.841. The summed E-state index contributed by atoms with van der Waals surface area (Å²) >= 11 is 0. The second-order valence-corrected chi connectivity index (χ2v) is 6.32. The first kappa shape index (κ1) is 17.4. The number of halogens is 1. The Balaban J connectivity index is 1.88. The third kappa shape index (κ3) is 3.37. The van der Waals surface area contributed by atoms with E-state index in [1.165, 1.54) is 6.07 Å². The maximum Gasteiger partial charge on any atom is 0.233 e. The van der Waals surface area contributed by atoms with E-state index in [0.717, 1.165) is 5.56 Å². The van der Waals surface area contributed by atoms with Crippen LogP contribution in [0.5, 0.6) is 5.75 Å². The van der Waals surface area contributed by atoms with Crippen LogP contribution in [0.25, 0.3) is 0 Å². The minimum atomic E-state index is -0.803. The van der Waals surface area contributed by atoms with Gasteiger partial charge in [0.25, 0.3) is 0 Å². The zero-order valence-corrected chi connectivity index (χ0v) is 14.2. The average molecular weight is 343 g/mol. The van der Waals surface area contributed by atoms with E-state index in [4.69, 9.17) is 4.74 Å². The standard InChI is InChI=1S/C20H22FNO3/c1-25-18-9-5-2-6-15(18)14-22(12-13-23)19(24)20(10-11-20)16-7-3-4-8-17(16)21/h2-9,23H,10-14H2,1H3. The molecule has 3 rings (SSSR count). The molecular formula is C20H22FNO3. The molecule has 1 aliphatic carbocycles. The van der Waals surface area contributed by atoms with Crippen molar-refractivity contribution >= 4 is 5.91 Å². The van der Waals surface area contributed by atoms with Gasteiger partial charge >= 0.3 is 0 Å². The fourth-order valence-electron chi connectivity index (χ4n) is 3.29. The first-order valence-electron chi connectivity index (χ1n) is 8.39. The molecule has 0 atom stereocenters. The van der Waals surface area contributed by atoms with Gasteiger partial charge in [-0.1, -0.05) is 36.4 Å². The molecule has 0 bridgehead atoms. The third-order valence-corrected chi connectivity index (χ3v) is 4.76. The Kier molecular flexibility index (Phi) is 5.04. The monoisotopic (exact) mass is 343 g/mol. The van der Waals surface area contributed by atoms with Gasteiger partial charge in [0.05, 0.1) is 19.1 Å². The Labute approximate surface area is 146 Å². The number of aliphatic hydroxyl groups excluding tert-OH is 1. The highest BCUT2D eigenvalue weighted by Gasteiger charge is 2.54. The first-order chi connectivity index (χ1) is 12.1. The number of para-hydroxylation sites is 1. The fourth-order valence-corrected chi connectivity index (χ4v) is 3.29. The number of amides is 1. The lowest BCUT2D eigenvalue weighted by Crippen LogP contribution is -2.41. The Hall–Kier alpha value is -2.40. The molecule has 0 heterocycles. The molecule has 4 nitrogen and oxygen atoms in total. The highest BCUT2D eigenvalue weighted by atomic mass is 19.1. The lowest BCUT2D eigenvalue weighted by molar-refractivity contribution is -0.135. The number of methoxy groups -OCH3 is 1. The maximum atomic E-state index is 14.2. The van der Waals surface area contributed by atoms with Crippen LogP contribution in [-0.2, 0) is 16.8 Å². The smallest absolute Gasteiger partial charge is 0.233 e. The van der Waals surface area contributed by atoms with Gasteiger partial charge in [0.2, 0.25) is 5.91 Å². The van der Waals surface area contributed by atoms with Gasteiger partial charge in [0.15, 0.2) is 0 Å². The van der Waals surface area contributed by atoms with E-state index in [0.29, 0.717) is 30.7 Å². The second-order valence-electron chi connectivity index (χ2n) is 6.32. The minimum Gasteiger partial charge on any atom is -0.496 e. The van der Waals surface area contributed by atoms with E-state index >= 15 is 0 Å². The molecule has 5 heteroatoms. The highest BCUT2D eigenvalue weighted by molar-refractivity contribution is 5.91. The predicted molar refractivity (Wildman–Crippen MR) is 92.8 cm³/mol. The number of hydrogen-bond donors (Lipinski definition) is 1. The molecule has 0 radical (unpaired) electrons. The SMILES string of the molecule is COc1ccccc1CN(CCO)C(=O)C1(c2ccccc2F)CC1. The molecule has 25 heavy (non-hydrogen) atoms. The number of carbonyl (C=O) groups excluding carboxylic acids is 1. The van der Waals surface area contributed by atoms with Gasteiger partial charge in [-0.2, -0.15) is 0 Å². The van der Waals surface area contributed by atoms with Gasteiger partial charge in [0.1, 0.15) is 11.6 Å². The molecule has 1 saturated carbocycles. The topological polar surface area (TPSA) is 49.8 Å². The molecule has 1 fully saturated rings. The van der Waals surface area contributed by atoms with E-state index in [2.05, 4.69) is 0 Å². The summed E-state index contributed by atoms with van der Waals surface area (Å²) in [5, 5.41) is 9.40. The van der Waals surface area contributed by atoms with Crippen molar-refractivity contribution in [3.8, 4) is 5.75 Å². The van der Waals surface area contributed by atoms with Gasteiger partial charge in [0, 0.05) is 24.2 Å². The van der Waals surface area contributed by atoms with E-state index in [1.807, 2.05) is 24.3 Å². The lowest BCUT2D eigenvalue weighted by Gasteiger charge is -2.28. The molecule has 1 N–H and O–H groups in total. The Morgan fingerprint density at radius 1 is 1.20 bits per heavy atom. The average Bonchev–Trinajstić information content (AvgIpc) is 3.43. The number of aliphatic hydroxyl groups is 1. The summed E-state index contributed by atoms with van der Waals surface area (Å²) in [4.78, 5) is 14.8. The van der Waals surface area contributed by atoms with E-state index < -0.39 is 5.41 Å². The summed E-state index contributed by atoms with van der Waals surface area (Å²) in [6, 6.07) is 13.9. The van der Waals surface area contributed by atoms with Crippen molar-refractivity contribution in [3.05, 3.63) is 65.5 Å². The molecule has 2 aromatic rings. The number of nitrogens with zero attached hydrogens (tertiary/aromatic N) is 1. The maximum absolute atomic E-state index is 14.2. The Bertz CT molecular complexity index is 758. The molecule has 0 aliphatic heterocycles. The summed E-state index contributed by atoms with van der Waals surface area (Å²) in [5.74, 6) is 0.195.